The van der Waals surface area contributed by atoms with E-state index in [-0.39, 0.29) is 10.8 Å². The third-order valence-electron chi connectivity index (χ3n) is 3.79. The fourth-order valence-corrected chi connectivity index (χ4v) is 4.14. The number of thioether (sulfide) groups is 1. The van der Waals surface area contributed by atoms with Gasteiger partial charge in [-0.3, -0.25) is 16.0 Å². The lowest BCUT2D eigenvalue weighted by Gasteiger charge is -2.33. The van der Waals surface area contributed by atoms with Crippen molar-refractivity contribution in [3.8, 4) is 0 Å². The zero-order chi connectivity index (χ0) is 13.7. The quantitative estimate of drug-likeness (QED) is 0.453. The Morgan fingerprint density at radius 1 is 1.68 bits per heavy atom. The minimum absolute atomic E-state index is 0.144. The van der Waals surface area contributed by atoms with Crippen molar-refractivity contribution in [2.45, 2.75) is 43.5 Å². The van der Waals surface area contributed by atoms with Gasteiger partial charge in [-0.1, -0.05) is 0 Å². The van der Waals surface area contributed by atoms with Crippen LogP contribution >= 0.6 is 11.8 Å². The number of ether oxygens (including phenoxy) is 1. The highest BCUT2D eigenvalue weighted by Gasteiger charge is 2.39. The maximum absolute atomic E-state index is 5.82. The molecule has 0 aromatic carbocycles. The second kappa shape index (κ2) is 6.74. The fourth-order valence-electron chi connectivity index (χ4n) is 2.74. The van der Waals surface area contributed by atoms with Crippen molar-refractivity contribution in [2.75, 3.05) is 19.5 Å². The zero-order valence-electron chi connectivity index (χ0n) is 11.8. The van der Waals surface area contributed by atoms with Crippen LogP contribution in [-0.4, -0.2) is 34.0 Å². The second-order valence-electron chi connectivity index (χ2n) is 5.19. The smallest absolute Gasteiger partial charge is 0.0772 e. The summed E-state index contributed by atoms with van der Waals surface area (Å²) in [6, 6.07) is 2.21. The van der Waals surface area contributed by atoms with Gasteiger partial charge < -0.3 is 4.74 Å². The average Bonchev–Trinajstić information content (AvgIpc) is 3.01. The molecule has 19 heavy (non-hydrogen) atoms. The molecule has 0 amide bonds. The summed E-state index contributed by atoms with van der Waals surface area (Å²) < 4.78 is 7.31. The first kappa shape index (κ1) is 14.8. The SMILES string of the molecule is COCCCn1nccc1C(NN)C1(C)CCCS1. The minimum atomic E-state index is 0.144. The van der Waals surface area contributed by atoms with Crippen LogP contribution in [0.2, 0.25) is 0 Å². The molecule has 0 aliphatic carbocycles. The molecule has 1 fully saturated rings. The molecule has 0 radical (unpaired) electrons. The number of hydrogen-bond donors (Lipinski definition) is 2. The molecule has 1 aromatic rings. The third-order valence-corrected chi connectivity index (χ3v) is 5.38. The predicted molar refractivity (Wildman–Crippen MR) is 78.9 cm³/mol. The molecule has 108 valence electrons. The van der Waals surface area contributed by atoms with Gasteiger partial charge in [-0.25, -0.2) is 0 Å². The van der Waals surface area contributed by atoms with Crippen molar-refractivity contribution in [1.82, 2.24) is 15.2 Å². The summed E-state index contributed by atoms with van der Waals surface area (Å²) in [5.41, 5.74) is 4.18. The standard InChI is InChI=1S/C13H24N4OS/c1-13(6-3-10-19-13)12(16-14)11-5-7-15-17(11)8-4-9-18-2/h5,7,12,16H,3-4,6,8-10,14H2,1-2H3. The Kier molecular flexibility index (Phi) is 5.27. The molecule has 5 nitrogen and oxygen atoms in total. The van der Waals surface area contributed by atoms with E-state index < -0.39 is 0 Å². The van der Waals surface area contributed by atoms with E-state index in [4.69, 9.17) is 10.6 Å². The Bertz CT molecular complexity index is 390. The monoisotopic (exact) mass is 284 g/mol. The average molecular weight is 284 g/mol. The van der Waals surface area contributed by atoms with Gasteiger partial charge in [0.05, 0.1) is 11.7 Å². The molecule has 2 rings (SSSR count). The fraction of sp³-hybridized carbons (Fsp3) is 0.769. The van der Waals surface area contributed by atoms with Crippen LogP contribution in [0.15, 0.2) is 12.3 Å². The molecule has 1 aliphatic heterocycles. The number of nitrogens with zero attached hydrogens (tertiary/aromatic N) is 2. The van der Waals surface area contributed by atoms with Gasteiger partial charge in [-0.2, -0.15) is 16.9 Å². The van der Waals surface area contributed by atoms with Crippen LogP contribution in [0.3, 0.4) is 0 Å². The van der Waals surface area contributed by atoms with E-state index in [1.54, 1.807) is 7.11 Å². The van der Waals surface area contributed by atoms with Gasteiger partial charge >= 0.3 is 0 Å². The number of methoxy groups -OCH3 is 1. The molecule has 0 spiro atoms. The molecule has 1 aromatic heterocycles. The van der Waals surface area contributed by atoms with Crippen molar-refractivity contribution in [3.05, 3.63) is 18.0 Å². The lowest BCUT2D eigenvalue weighted by atomic mass is 9.94. The number of hydrazine groups is 1. The normalized spacial score (nSPS) is 24.8. The lowest BCUT2D eigenvalue weighted by molar-refractivity contribution is 0.188. The van der Waals surface area contributed by atoms with Gasteiger partial charge in [0.2, 0.25) is 0 Å². The summed E-state index contributed by atoms with van der Waals surface area (Å²) in [4.78, 5) is 0. The molecule has 2 heterocycles. The predicted octanol–water partition coefficient (Wildman–Crippen LogP) is 1.71. The van der Waals surface area contributed by atoms with Gasteiger partial charge in [0.1, 0.15) is 0 Å². The van der Waals surface area contributed by atoms with Crippen LogP contribution < -0.4 is 11.3 Å². The van der Waals surface area contributed by atoms with Crippen LogP contribution in [0.4, 0.5) is 0 Å². The molecule has 6 heteroatoms. The summed E-state index contributed by atoms with van der Waals surface area (Å²) in [6.07, 6.45) is 5.27. The highest BCUT2D eigenvalue weighted by molar-refractivity contribution is 8.00. The second-order valence-corrected chi connectivity index (χ2v) is 6.82. The summed E-state index contributed by atoms with van der Waals surface area (Å²) in [5, 5.41) is 4.42. The van der Waals surface area contributed by atoms with Crippen LogP contribution in [0.1, 0.15) is 37.9 Å². The molecular weight excluding hydrogens is 260 g/mol. The Balaban J connectivity index is 2.12. The summed E-state index contributed by atoms with van der Waals surface area (Å²) in [5.74, 6) is 7.04. The van der Waals surface area contributed by atoms with Gasteiger partial charge in [0.25, 0.3) is 0 Å². The van der Waals surface area contributed by atoms with Crippen molar-refractivity contribution in [3.63, 3.8) is 0 Å². The number of hydrogen-bond acceptors (Lipinski definition) is 5. The van der Waals surface area contributed by atoms with E-state index in [0.717, 1.165) is 19.6 Å². The Labute approximate surface area is 119 Å². The molecule has 0 saturated carbocycles. The van der Waals surface area contributed by atoms with Gasteiger partial charge in [0.15, 0.2) is 0 Å². The first-order chi connectivity index (χ1) is 9.21. The van der Waals surface area contributed by atoms with E-state index in [1.165, 1.54) is 24.3 Å². The van der Waals surface area contributed by atoms with E-state index in [1.807, 2.05) is 22.6 Å². The highest BCUT2D eigenvalue weighted by Crippen LogP contribution is 2.46. The molecule has 2 atom stereocenters. The zero-order valence-corrected chi connectivity index (χ0v) is 12.6. The summed E-state index contributed by atoms with van der Waals surface area (Å²) >= 11 is 2.00. The number of nitrogens with two attached hydrogens (primary N) is 1. The maximum Gasteiger partial charge on any atom is 0.0772 e. The molecule has 2 unspecified atom stereocenters. The Morgan fingerprint density at radius 3 is 3.16 bits per heavy atom. The van der Waals surface area contributed by atoms with Crippen molar-refractivity contribution < 1.29 is 4.74 Å². The van der Waals surface area contributed by atoms with E-state index in [0.29, 0.717) is 0 Å². The first-order valence-corrected chi connectivity index (χ1v) is 7.80. The number of aryl methyl sites for hydroxylation is 1. The van der Waals surface area contributed by atoms with Crippen molar-refractivity contribution in [1.29, 1.82) is 0 Å². The van der Waals surface area contributed by atoms with Crippen molar-refractivity contribution >= 4 is 11.8 Å². The summed E-state index contributed by atoms with van der Waals surface area (Å²) in [7, 11) is 1.73. The molecule has 0 bridgehead atoms. The maximum atomic E-state index is 5.82. The van der Waals surface area contributed by atoms with E-state index in [2.05, 4.69) is 23.5 Å². The largest absolute Gasteiger partial charge is 0.385 e. The van der Waals surface area contributed by atoms with Crippen LogP contribution in [0, 0.1) is 0 Å². The van der Waals surface area contributed by atoms with Gasteiger partial charge in [-0.05, 0) is 38.0 Å². The Morgan fingerprint density at radius 2 is 2.53 bits per heavy atom. The number of rotatable bonds is 7. The number of nitrogens with one attached hydrogen (secondary N) is 1. The Hall–Kier alpha value is -0.560. The van der Waals surface area contributed by atoms with Crippen LogP contribution in [0.5, 0.6) is 0 Å². The van der Waals surface area contributed by atoms with E-state index >= 15 is 0 Å². The topological polar surface area (TPSA) is 65.1 Å². The van der Waals surface area contributed by atoms with Gasteiger partial charge in [-0.15, -0.1) is 0 Å². The van der Waals surface area contributed by atoms with Gasteiger partial charge in [0, 0.05) is 31.2 Å². The first-order valence-electron chi connectivity index (χ1n) is 6.82. The lowest BCUT2D eigenvalue weighted by Crippen LogP contribution is -2.42. The molecule has 3 N–H and O–H groups in total. The molecular formula is C13H24N4OS. The molecule has 1 aliphatic rings. The summed E-state index contributed by atoms with van der Waals surface area (Å²) in [6.45, 7) is 3.92. The van der Waals surface area contributed by atoms with E-state index in [9.17, 15) is 0 Å². The minimum Gasteiger partial charge on any atom is -0.385 e. The molecule has 1 saturated heterocycles. The van der Waals surface area contributed by atoms with Crippen LogP contribution in [-0.2, 0) is 11.3 Å². The third kappa shape index (κ3) is 3.31. The highest BCUT2D eigenvalue weighted by atomic mass is 32.2. The van der Waals surface area contributed by atoms with Crippen molar-refractivity contribution in [2.24, 2.45) is 5.84 Å². The number of aromatic nitrogens is 2. The van der Waals surface area contributed by atoms with Crippen LogP contribution in [0.25, 0.3) is 0 Å².